The molecule has 20 heavy (non-hydrogen) atoms. The van der Waals surface area contributed by atoms with E-state index >= 15 is 0 Å². The van der Waals surface area contributed by atoms with Crippen LogP contribution in [0.2, 0.25) is 0 Å². The second kappa shape index (κ2) is 4.69. The van der Waals surface area contributed by atoms with Crippen molar-refractivity contribution < 1.29 is 14.3 Å². The lowest BCUT2D eigenvalue weighted by molar-refractivity contribution is 0.0695. The maximum atomic E-state index is 10.9. The summed E-state index contributed by atoms with van der Waals surface area (Å²) in [6.45, 7) is 2.00. The summed E-state index contributed by atoms with van der Waals surface area (Å²) in [5, 5.41) is 16.1. The fourth-order valence-electron chi connectivity index (χ4n) is 1.93. The second-order valence-corrected chi connectivity index (χ2v) is 4.29. The van der Waals surface area contributed by atoms with Crippen LogP contribution in [0.5, 0.6) is 0 Å². The maximum absolute atomic E-state index is 10.9. The quantitative estimate of drug-likeness (QED) is 0.754. The number of nitrogens with one attached hydrogen (secondary N) is 1. The van der Waals surface area contributed by atoms with E-state index in [-0.39, 0.29) is 5.56 Å². The highest BCUT2D eigenvalue weighted by Gasteiger charge is 2.13. The molecule has 3 aromatic heterocycles. The van der Waals surface area contributed by atoms with Crippen LogP contribution in [-0.2, 0) is 6.54 Å². The standard InChI is InChI=1S/C13H12N4O3/c1-8-10(13(18)19)6-9(20-8)7-14-11-3-5-17-12(16-11)2-4-15-17/h2-6H,7H2,1H3,(H,14,16)(H,18,19). The van der Waals surface area contributed by atoms with Crippen molar-refractivity contribution in [1.29, 1.82) is 0 Å². The zero-order valence-corrected chi connectivity index (χ0v) is 10.7. The molecule has 0 amide bonds. The lowest BCUT2D eigenvalue weighted by Gasteiger charge is -2.03. The molecule has 7 nitrogen and oxygen atoms in total. The van der Waals surface area contributed by atoms with Crippen LogP contribution in [0.25, 0.3) is 5.65 Å². The van der Waals surface area contributed by atoms with E-state index in [0.29, 0.717) is 23.9 Å². The highest BCUT2D eigenvalue weighted by atomic mass is 16.4. The number of hydrogen-bond acceptors (Lipinski definition) is 5. The van der Waals surface area contributed by atoms with Crippen LogP contribution in [0.3, 0.4) is 0 Å². The lowest BCUT2D eigenvalue weighted by Crippen LogP contribution is -2.02. The van der Waals surface area contributed by atoms with Gasteiger partial charge in [0.15, 0.2) is 5.65 Å². The summed E-state index contributed by atoms with van der Waals surface area (Å²) < 4.78 is 7.04. The van der Waals surface area contributed by atoms with E-state index in [4.69, 9.17) is 9.52 Å². The number of carbonyl (C=O) groups is 1. The third-order valence-corrected chi connectivity index (χ3v) is 2.90. The van der Waals surface area contributed by atoms with E-state index in [1.807, 2.05) is 0 Å². The fraction of sp³-hybridized carbons (Fsp3) is 0.154. The van der Waals surface area contributed by atoms with Crippen LogP contribution in [-0.4, -0.2) is 25.7 Å². The monoisotopic (exact) mass is 272 g/mol. The summed E-state index contributed by atoms with van der Waals surface area (Å²) in [6, 6.07) is 5.10. The molecule has 0 aromatic carbocycles. The predicted molar refractivity (Wildman–Crippen MR) is 70.7 cm³/mol. The van der Waals surface area contributed by atoms with Gasteiger partial charge >= 0.3 is 5.97 Å². The van der Waals surface area contributed by atoms with Gasteiger partial charge in [0, 0.05) is 12.3 Å². The van der Waals surface area contributed by atoms with Crippen LogP contribution in [0.4, 0.5) is 5.82 Å². The molecule has 102 valence electrons. The van der Waals surface area contributed by atoms with Crippen molar-refractivity contribution in [3.05, 3.63) is 47.7 Å². The molecule has 0 radical (unpaired) electrons. The molecule has 3 aromatic rings. The van der Waals surface area contributed by atoms with E-state index in [1.165, 1.54) is 6.07 Å². The first-order valence-corrected chi connectivity index (χ1v) is 6.00. The van der Waals surface area contributed by atoms with Gasteiger partial charge in [-0.2, -0.15) is 5.10 Å². The molecule has 3 rings (SSSR count). The van der Waals surface area contributed by atoms with Crippen molar-refractivity contribution in [1.82, 2.24) is 14.6 Å². The average molecular weight is 272 g/mol. The number of carboxylic acids is 1. The Kier molecular flexibility index (Phi) is 2.86. The zero-order valence-electron chi connectivity index (χ0n) is 10.7. The molecular formula is C13H12N4O3. The van der Waals surface area contributed by atoms with Crippen LogP contribution in [0, 0.1) is 6.92 Å². The van der Waals surface area contributed by atoms with Gasteiger partial charge in [-0.15, -0.1) is 0 Å². The number of nitrogens with zero attached hydrogens (tertiary/aromatic N) is 3. The van der Waals surface area contributed by atoms with Gasteiger partial charge in [0.1, 0.15) is 22.9 Å². The second-order valence-electron chi connectivity index (χ2n) is 4.29. The topological polar surface area (TPSA) is 92.7 Å². The Bertz CT molecular complexity index is 775. The summed E-state index contributed by atoms with van der Waals surface area (Å²) in [7, 11) is 0. The van der Waals surface area contributed by atoms with Gasteiger partial charge < -0.3 is 14.8 Å². The summed E-state index contributed by atoms with van der Waals surface area (Å²) >= 11 is 0. The fourth-order valence-corrected chi connectivity index (χ4v) is 1.93. The molecule has 0 unspecified atom stereocenters. The van der Waals surface area contributed by atoms with Crippen LogP contribution >= 0.6 is 0 Å². The summed E-state index contributed by atoms with van der Waals surface area (Å²) in [5.74, 6) is 0.629. The van der Waals surface area contributed by atoms with E-state index in [9.17, 15) is 4.79 Å². The summed E-state index contributed by atoms with van der Waals surface area (Å²) in [6.07, 6.45) is 3.46. The molecule has 0 saturated carbocycles. The number of aromatic nitrogens is 3. The smallest absolute Gasteiger partial charge is 0.339 e. The number of aryl methyl sites for hydroxylation is 1. The van der Waals surface area contributed by atoms with Gasteiger partial charge in [-0.05, 0) is 19.1 Å². The minimum absolute atomic E-state index is 0.181. The third-order valence-electron chi connectivity index (χ3n) is 2.90. The Balaban J connectivity index is 1.75. The molecule has 7 heteroatoms. The van der Waals surface area contributed by atoms with Crippen molar-refractivity contribution in [3.63, 3.8) is 0 Å². The summed E-state index contributed by atoms with van der Waals surface area (Å²) in [5.41, 5.74) is 0.915. The number of carboxylic acid groups (broad SMARTS) is 1. The molecule has 0 bridgehead atoms. The minimum Gasteiger partial charge on any atom is -0.478 e. The predicted octanol–water partition coefficient (Wildman–Crippen LogP) is 1.94. The molecule has 0 fully saturated rings. The van der Waals surface area contributed by atoms with Crippen molar-refractivity contribution in [2.24, 2.45) is 0 Å². The van der Waals surface area contributed by atoms with Gasteiger partial charge in [0.25, 0.3) is 0 Å². The van der Waals surface area contributed by atoms with Gasteiger partial charge in [0.2, 0.25) is 0 Å². The van der Waals surface area contributed by atoms with E-state index in [1.54, 1.807) is 36.0 Å². The van der Waals surface area contributed by atoms with Gasteiger partial charge in [0.05, 0.1) is 12.7 Å². The van der Waals surface area contributed by atoms with Gasteiger partial charge in [-0.25, -0.2) is 14.3 Å². The highest BCUT2D eigenvalue weighted by molar-refractivity contribution is 5.88. The highest BCUT2D eigenvalue weighted by Crippen LogP contribution is 2.16. The van der Waals surface area contributed by atoms with E-state index in [0.717, 1.165) is 5.65 Å². The van der Waals surface area contributed by atoms with Crippen molar-refractivity contribution in [3.8, 4) is 0 Å². The zero-order chi connectivity index (χ0) is 14.1. The SMILES string of the molecule is Cc1oc(CNc2ccn3nccc3n2)cc1C(=O)O. The molecular weight excluding hydrogens is 260 g/mol. The number of rotatable bonds is 4. The number of fused-ring (bicyclic) bond motifs is 1. The van der Waals surface area contributed by atoms with Crippen molar-refractivity contribution in [2.75, 3.05) is 5.32 Å². The Morgan fingerprint density at radius 3 is 3.10 bits per heavy atom. The Hall–Kier alpha value is -2.83. The largest absolute Gasteiger partial charge is 0.478 e. The maximum Gasteiger partial charge on any atom is 0.339 e. The molecule has 0 spiro atoms. The molecule has 0 aliphatic heterocycles. The Morgan fingerprint density at radius 1 is 1.50 bits per heavy atom. The normalized spacial score (nSPS) is 10.8. The first-order chi connectivity index (χ1) is 9.63. The van der Waals surface area contributed by atoms with Crippen LogP contribution in [0.15, 0.2) is 35.0 Å². The lowest BCUT2D eigenvalue weighted by atomic mass is 10.2. The van der Waals surface area contributed by atoms with Crippen LogP contribution < -0.4 is 5.32 Å². The van der Waals surface area contributed by atoms with Gasteiger partial charge in [-0.1, -0.05) is 0 Å². The number of hydrogen-bond donors (Lipinski definition) is 2. The van der Waals surface area contributed by atoms with E-state index in [2.05, 4.69) is 15.4 Å². The van der Waals surface area contributed by atoms with Crippen molar-refractivity contribution >= 4 is 17.4 Å². The molecule has 0 aliphatic rings. The Morgan fingerprint density at radius 2 is 2.35 bits per heavy atom. The molecule has 0 aliphatic carbocycles. The first kappa shape index (κ1) is 12.2. The van der Waals surface area contributed by atoms with E-state index < -0.39 is 5.97 Å². The minimum atomic E-state index is -0.990. The third kappa shape index (κ3) is 2.20. The van der Waals surface area contributed by atoms with Gasteiger partial charge in [-0.3, -0.25) is 0 Å². The molecule has 3 heterocycles. The molecule has 0 saturated heterocycles. The summed E-state index contributed by atoms with van der Waals surface area (Å²) in [4.78, 5) is 15.3. The molecule has 0 atom stereocenters. The average Bonchev–Trinajstić information content (AvgIpc) is 3.01. The number of anilines is 1. The first-order valence-electron chi connectivity index (χ1n) is 6.00. The molecule has 2 N–H and O–H groups in total. The number of furan rings is 1. The van der Waals surface area contributed by atoms with Crippen LogP contribution in [0.1, 0.15) is 21.9 Å². The Labute approximate surface area is 113 Å². The van der Waals surface area contributed by atoms with Crippen molar-refractivity contribution in [2.45, 2.75) is 13.5 Å². The number of aromatic carboxylic acids is 1.